The van der Waals surface area contributed by atoms with Gasteiger partial charge in [-0.15, -0.1) is 0 Å². The highest BCUT2D eigenvalue weighted by molar-refractivity contribution is 6.39. The van der Waals surface area contributed by atoms with Crippen LogP contribution in [0, 0.1) is 0 Å². The Labute approximate surface area is 201 Å². The maximum Gasteiger partial charge on any atom is 0.329 e. The summed E-state index contributed by atoms with van der Waals surface area (Å²) in [6, 6.07) is 18.9. The van der Waals surface area contributed by atoms with Gasteiger partial charge in [0.1, 0.15) is 18.1 Å². The second-order valence-corrected chi connectivity index (χ2v) is 7.48. The first-order chi connectivity index (χ1) is 16.0. The zero-order chi connectivity index (χ0) is 23.6. The Morgan fingerprint density at radius 3 is 2.12 bits per heavy atom. The average molecular weight is 486 g/mol. The molecule has 0 aliphatic carbocycles. The molecule has 7 nitrogen and oxygen atoms in total. The standard InChI is InChI=1S/C24H21Cl2N3O4/c1-2-32-18-12-8-17(9-13-18)28-23(30)24(31)29-27-14-16-6-10-19(11-7-16)33-15-20-21(25)4-3-5-22(20)26/h3-14H,2,15H2,1H3,(H,28,30)(H,29,31). The molecule has 33 heavy (non-hydrogen) atoms. The number of benzene rings is 3. The van der Waals surface area contributed by atoms with Gasteiger partial charge in [0.2, 0.25) is 0 Å². The molecular weight excluding hydrogens is 465 g/mol. The molecular formula is C24H21Cl2N3O4. The van der Waals surface area contributed by atoms with Crippen molar-refractivity contribution in [1.82, 2.24) is 5.43 Å². The molecule has 0 unspecified atom stereocenters. The number of nitrogens with one attached hydrogen (secondary N) is 2. The SMILES string of the molecule is CCOc1ccc(NC(=O)C(=O)NN=Cc2ccc(OCc3c(Cl)cccc3Cl)cc2)cc1. The van der Waals surface area contributed by atoms with Crippen molar-refractivity contribution in [2.24, 2.45) is 5.10 Å². The molecule has 0 fully saturated rings. The fraction of sp³-hybridized carbons (Fsp3) is 0.125. The minimum absolute atomic E-state index is 0.228. The van der Waals surface area contributed by atoms with Crippen molar-refractivity contribution < 1.29 is 19.1 Å². The molecule has 0 radical (unpaired) electrons. The van der Waals surface area contributed by atoms with Crippen molar-refractivity contribution in [3.63, 3.8) is 0 Å². The number of hydrogen-bond donors (Lipinski definition) is 2. The molecule has 170 valence electrons. The molecule has 2 N–H and O–H groups in total. The molecule has 0 aliphatic rings. The summed E-state index contributed by atoms with van der Waals surface area (Å²) < 4.78 is 11.0. The molecule has 3 aromatic rings. The monoisotopic (exact) mass is 485 g/mol. The molecule has 0 spiro atoms. The highest BCUT2D eigenvalue weighted by Crippen LogP contribution is 2.26. The van der Waals surface area contributed by atoms with Gasteiger partial charge in [-0.25, -0.2) is 5.43 Å². The summed E-state index contributed by atoms with van der Waals surface area (Å²) in [6.07, 6.45) is 1.41. The third-order valence-electron chi connectivity index (χ3n) is 4.33. The van der Waals surface area contributed by atoms with Crippen LogP contribution in [0.15, 0.2) is 71.8 Å². The molecule has 2 amide bonds. The zero-order valence-corrected chi connectivity index (χ0v) is 19.2. The highest BCUT2D eigenvalue weighted by Gasteiger charge is 2.13. The summed E-state index contributed by atoms with van der Waals surface area (Å²) in [4.78, 5) is 23.9. The van der Waals surface area contributed by atoms with E-state index in [0.717, 1.165) is 0 Å². The van der Waals surface area contributed by atoms with Gasteiger partial charge in [-0.05, 0) is 73.2 Å². The van der Waals surface area contributed by atoms with E-state index in [1.54, 1.807) is 66.7 Å². The van der Waals surface area contributed by atoms with Crippen LogP contribution in [0.2, 0.25) is 10.0 Å². The van der Waals surface area contributed by atoms with Crippen molar-refractivity contribution in [3.8, 4) is 11.5 Å². The van der Waals surface area contributed by atoms with Gasteiger partial charge in [-0.2, -0.15) is 5.10 Å². The fourth-order valence-electron chi connectivity index (χ4n) is 2.68. The summed E-state index contributed by atoms with van der Waals surface area (Å²) in [5, 5.41) is 7.37. The normalized spacial score (nSPS) is 10.6. The number of hydrogen-bond acceptors (Lipinski definition) is 5. The lowest BCUT2D eigenvalue weighted by molar-refractivity contribution is -0.136. The van der Waals surface area contributed by atoms with Crippen molar-refractivity contribution in [2.45, 2.75) is 13.5 Å². The molecule has 0 saturated carbocycles. The third-order valence-corrected chi connectivity index (χ3v) is 5.04. The molecule has 0 heterocycles. The molecule has 9 heteroatoms. The number of anilines is 1. The predicted octanol–water partition coefficient (Wildman–Crippen LogP) is 5.06. The van der Waals surface area contributed by atoms with Crippen LogP contribution in [-0.2, 0) is 16.2 Å². The van der Waals surface area contributed by atoms with Crippen molar-refractivity contribution in [3.05, 3.63) is 87.9 Å². The summed E-state index contributed by atoms with van der Waals surface area (Å²) in [5.74, 6) is -0.439. The largest absolute Gasteiger partial charge is 0.494 e. The van der Waals surface area contributed by atoms with E-state index in [-0.39, 0.29) is 6.61 Å². The second-order valence-electron chi connectivity index (χ2n) is 6.67. The van der Waals surface area contributed by atoms with E-state index in [9.17, 15) is 9.59 Å². The number of amides is 2. The van der Waals surface area contributed by atoms with Crippen LogP contribution < -0.4 is 20.2 Å². The molecule has 3 aromatic carbocycles. The smallest absolute Gasteiger partial charge is 0.329 e. The van der Waals surface area contributed by atoms with E-state index in [4.69, 9.17) is 32.7 Å². The van der Waals surface area contributed by atoms with Gasteiger partial charge in [0, 0.05) is 21.3 Å². The maximum absolute atomic E-state index is 12.0. The lowest BCUT2D eigenvalue weighted by atomic mass is 10.2. The van der Waals surface area contributed by atoms with Crippen LogP contribution in [0.25, 0.3) is 0 Å². The molecule has 0 aliphatic heterocycles. The lowest BCUT2D eigenvalue weighted by Crippen LogP contribution is -2.32. The van der Waals surface area contributed by atoms with E-state index < -0.39 is 11.8 Å². The Balaban J connectivity index is 1.47. The van der Waals surface area contributed by atoms with Gasteiger partial charge >= 0.3 is 11.8 Å². The number of hydrazone groups is 1. The first kappa shape index (κ1) is 24.1. The summed E-state index contributed by atoms with van der Waals surface area (Å²) >= 11 is 12.3. The van der Waals surface area contributed by atoms with E-state index in [2.05, 4.69) is 15.8 Å². The molecule has 0 atom stereocenters. The average Bonchev–Trinajstić information content (AvgIpc) is 2.81. The topological polar surface area (TPSA) is 89.0 Å². The van der Waals surface area contributed by atoms with Crippen LogP contribution in [0.3, 0.4) is 0 Å². The van der Waals surface area contributed by atoms with Crippen LogP contribution in [0.1, 0.15) is 18.1 Å². The highest BCUT2D eigenvalue weighted by atomic mass is 35.5. The Morgan fingerprint density at radius 1 is 0.879 bits per heavy atom. The number of rotatable bonds is 8. The fourth-order valence-corrected chi connectivity index (χ4v) is 3.19. The number of ether oxygens (including phenoxy) is 2. The van der Waals surface area contributed by atoms with Crippen molar-refractivity contribution >= 4 is 46.9 Å². The number of carbonyl (C=O) groups excluding carboxylic acids is 2. The minimum atomic E-state index is -0.892. The molecule has 0 saturated heterocycles. The summed E-state index contributed by atoms with van der Waals surface area (Å²) in [5.41, 5.74) is 4.06. The van der Waals surface area contributed by atoms with E-state index in [1.165, 1.54) is 6.21 Å². The van der Waals surface area contributed by atoms with Gasteiger partial charge in [-0.3, -0.25) is 9.59 Å². The number of carbonyl (C=O) groups is 2. The quantitative estimate of drug-likeness (QED) is 0.265. The zero-order valence-electron chi connectivity index (χ0n) is 17.7. The number of halogens is 2. The van der Waals surface area contributed by atoms with Gasteiger partial charge in [0.05, 0.1) is 12.8 Å². The van der Waals surface area contributed by atoms with E-state index in [0.29, 0.717) is 45.0 Å². The Morgan fingerprint density at radius 2 is 1.48 bits per heavy atom. The Hall–Kier alpha value is -3.55. The van der Waals surface area contributed by atoms with E-state index in [1.807, 2.05) is 6.92 Å². The maximum atomic E-state index is 12.0. The lowest BCUT2D eigenvalue weighted by Gasteiger charge is -2.09. The van der Waals surface area contributed by atoms with Crippen LogP contribution >= 0.6 is 23.2 Å². The first-order valence-electron chi connectivity index (χ1n) is 9.99. The van der Waals surface area contributed by atoms with Gasteiger partial charge < -0.3 is 14.8 Å². The van der Waals surface area contributed by atoms with Gasteiger partial charge in [0.15, 0.2) is 0 Å². The summed E-state index contributed by atoms with van der Waals surface area (Å²) in [7, 11) is 0. The third kappa shape index (κ3) is 7.24. The first-order valence-corrected chi connectivity index (χ1v) is 10.7. The van der Waals surface area contributed by atoms with Crippen molar-refractivity contribution in [2.75, 3.05) is 11.9 Å². The Bertz CT molecular complexity index is 1110. The van der Waals surface area contributed by atoms with Gasteiger partial charge in [-0.1, -0.05) is 29.3 Å². The number of nitrogens with zero attached hydrogens (tertiary/aromatic N) is 1. The second kappa shape index (κ2) is 11.9. The predicted molar refractivity (Wildman–Crippen MR) is 129 cm³/mol. The van der Waals surface area contributed by atoms with Crippen LogP contribution in [0.5, 0.6) is 11.5 Å². The minimum Gasteiger partial charge on any atom is -0.494 e. The Kier molecular flexibility index (Phi) is 8.69. The van der Waals surface area contributed by atoms with Crippen LogP contribution in [-0.4, -0.2) is 24.6 Å². The van der Waals surface area contributed by atoms with Crippen LogP contribution in [0.4, 0.5) is 5.69 Å². The molecule has 3 rings (SSSR count). The molecule has 0 aromatic heterocycles. The van der Waals surface area contributed by atoms with E-state index >= 15 is 0 Å². The van der Waals surface area contributed by atoms with Crippen molar-refractivity contribution in [1.29, 1.82) is 0 Å². The summed E-state index contributed by atoms with van der Waals surface area (Å²) in [6.45, 7) is 2.65. The molecule has 0 bridgehead atoms. The van der Waals surface area contributed by atoms with Gasteiger partial charge in [0.25, 0.3) is 0 Å².